The lowest BCUT2D eigenvalue weighted by atomic mass is 9.96. The number of benzene rings is 1. The lowest BCUT2D eigenvalue weighted by Gasteiger charge is -2.30. The maximum Gasteiger partial charge on any atom is 0.229 e. The van der Waals surface area contributed by atoms with Crippen LogP contribution < -0.4 is 10.1 Å². The van der Waals surface area contributed by atoms with Crippen molar-refractivity contribution >= 4 is 11.9 Å². The number of carbonyl (C=O) groups is 1. The zero-order valence-corrected chi connectivity index (χ0v) is 13.9. The molecule has 2 aromatic rings. The van der Waals surface area contributed by atoms with Crippen molar-refractivity contribution in [1.29, 1.82) is 0 Å². The third-order valence-electron chi connectivity index (χ3n) is 4.26. The fraction of sp³-hybridized carbons (Fsp3) is 0.389. The summed E-state index contributed by atoms with van der Waals surface area (Å²) in [5.41, 5.74) is 0. The van der Waals surface area contributed by atoms with Crippen LogP contribution in [0.25, 0.3) is 0 Å². The quantitative estimate of drug-likeness (QED) is 0.871. The number of carbonyl (C=O) groups excluding carboxylic acids is 1. The van der Waals surface area contributed by atoms with Crippen molar-refractivity contribution in [1.82, 2.24) is 14.9 Å². The molecular formula is C18H21FN4O2. The van der Waals surface area contributed by atoms with Gasteiger partial charge in [-0.3, -0.25) is 15.0 Å². The topological polar surface area (TPSA) is 67.4 Å². The largest absolute Gasteiger partial charge is 0.489 e. The molecule has 1 saturated heterocycles. The van der Waals surface area contributed by atoms with Gasteiger partial charge in [-0.15, -0.1) is 0 Å². The van der Waals surface area contributed by atoms with Crippen molar-refractivity contribution < 1.29 is 13.9 Å². The van der Waals surface area contributed by atoms with Crippen LogP contribution in [0.1, 0.15) is 12.8 Å². The van der Waals surface area contributed by atoms with Crippen LogP contribution in [-0.4, -0.2) is 47.0 Å². The van der Waals surface area contributed by atoms with Crippen LogP contribution in [0, 0.1) is 11.7 Å². The van der Waals surface area contributed by atoms with Crippen LogP contribution in [-0.2, 0) is 4.79 Å². The van der Waals surface area contributed by atoms with Crippen molar-refractivity contribution in [2.45, 2.75) is 12.8 Å². The Morgan fingerprint density at radius 2 is 1.92 bits per heavy atom. The standard InChI is InChI=1S/C18H21FN4O2/c19-15-4-1-2-5-16(15)25-13-12-23-10-6-14(7-11-23)17(24)22-18-20-8-3-9-21-18/h1-5,8-9,14H,6-7,10-13H2,(H,20,21,22,24). The van der Waals surface area contributed by atoms with E-state index in [1.807, 2.05) is 0 Å². The van der Waals surface area contributed by atoms with Gasteiger partial charge in [-0.1, -0.05) is 12.1 Å². The smallest absolute Gasteiger partial charge is 0.229 e. The molecule has 1 aromatic heterocycles. The second-order valence-electron chi connectivity index (χ2n) is 5.96. The highest BCUT2D eigenvalue weighted by molar-refractivity contribution is 5.90. The minimum absolute atomic E-state index is 0.0338. The first kappa shape index (κ1) is 17.3. The van der Waals surface area contributed by atoms with E-state index in [-0.39, 0.29) is 23.4 Å². The number of hydrogen-bond donors (Lipinski definition) is 1. The molecule has 0 atom stereocenters. The number of piperidine rings is 1. The van der Waals surface area contributed by atoms with E-state index in [2.05, 4.69) is 20.2 Å². The number of amides is 1. The molecule has 1 N–H and O–H groups in total. The fourth-order valence-corrected chi connectivity index (χ4v) is 2.84. The van der Waals surface area contributed by atoms with Crippen molar-refractivity contribution in [3.05, 3.63) is 48.5 Å². The van der Waals surface area contributed by atoms with Crippen LogP contribution in [0.15, 0.2) is 42.7 Å². The fourth-order valence-electron chi connectivity index (χ4n) is 2.84. The van der Waals surface area contributed by atoms with Gasteiger partial charge in [0.1, 0.15) is 6.61 Å². The molecule has 1 fully saturated rings. The van der Waals surface area contributed by atoms with E-state index in [1.165, 1.54) is 6.07 Å². The van der Waals surface area contributed by atoms with Gasteiger partial charge < -0.3 is 4.74 Å². The zero-order chi connectivity index (χ0) is 17.5. The number of halogens is 1. The van der Waals surface area contributed by atoms with E-state index in [1.54, 1.807) is 36.7 Å². The van der Waals surface area contributed by atoms with Gasteiger partial charge in [0.2, 0.25) is 11.9 Å². The van der Waals surface area contributed by atoms with Gasteiger partial charge in [0, 0.05) is 24.9 Å². The first-order chi connectivity index (χ1) is 12.2. The van der Waals surface area contributed by atoms with Gasteiger partial charge in [0.15, 0.2) is 11.6 Å². The first-order valence-corrected chi connectivity index (χ1v) is 8.40. The SMILES string of the molecule is O=C(Nc1ncccn1)C1CCN(CCOc2ccccc2F)CC1. The zero-order valence-electron chi connectivity index (χ0n) is 13.9. The van der Waals surface area contributed by atoms with Gasteiger partial charge >= 0.3 is 0 Å². The van der Waals surface area contributed by atoms with Crippen molar-refractivity contribution in [2.75, 3.05) is 31.6 Å². The number of aromatic nitrogens is 2. The van der Waals surface area contributed by atoms with Gasteiger partial charge in [0.05, 0.1) is 0 Å². The summed E-state index contributed by atoms with van der Waals surface area (Å²) >= 11 is 0. The van der Waals surface area contributed by atoms with E-state index >= 15 is 0 Å². The van der Waals surface area contributed by atoms with Gasteiger partial charge in [-0.2, -0.15) is 0 Å². The Morgan fingerprint density at radius 3 is 2.64 bits per heavy atom. The van der Waals surface area contributed by atoms with E-state index < -0.39 is 0 Å². The highest BCUT2D eigenvalue weighted by Gasteiger charge is 2.25. The van der Waals surface area contributed by atoms with Crippen molar-refractivity contribution in [3.8, 4) is 5.75 Å². The third-order valence-corrected chi connectivity index (χ3v) is 4.26. The van der Waals surface area contributed by atoms with Crippen LogP contribution in [0.5, 0.6) is 5.75 Å². The lowest BCUT2D eigenvalue weighted by Crippen LogP contribution is -2.40. The van der Waals surface area contributed by atoms with Crippen molar-refractivity contribution in [3.63, 3.8) is 0 Å². The lowest BCUT2D eigenvalue weighted by molar-refractivity contribution is -0.121. The van der Waals surface area contributed by atoms with Crippen LogP contribution in [0.3, 0.4) is 0 Å². The first-order valence-electron chi connectivity index (χ1n) is 8.40. The average molecular weight is 344 g/mol. The number of rotatable bonds is 6. The van der Waals surface area contributed by atoms with E-state index in [9.17, 15) is 9.18 Å². The summed E-state index contributed by atoms with van der Waals surface area (Å²) in [6.45, 7) is 2.77. The Morgan fingerprint density at radius 1 is 1.20 bits per heavy atom. The molecule has 3 rings (SSSR count). The molecule has 0 radical (unpaired) electrons. The van der Waals surface area contributed by atoms with E-state index in [0.29, 0.717) is 19.1 Å². The van der Waals surface area contributed by atoms with Crippen LogP contribution in [0.4, 0.5) is 10.3 Å². The Kier molecular flexibility index (Phi) is 5.90. The molecule has 6 nitrogen and oxygen atoms in total. The highest BCUT2D eigenvalue weighted by Crippen LogP contribution is 2.19. The number of para-hydroxylation sites is 1. The molecule has 0 saturated carbocycles. The predicted octanol–water partition coefficient (Wildman–Crippen LogP) is 2.35. The van der Waals surface area contributed by atoms with Crippen LogP contribution in [0.2, 0.25) is 0 Å². The minimum atomic E-state index is -0.346. The molecule has 132 valence electrons. The number of ether oxygens (including phenoxy) is 1. The molecule has 0 bridgehead atoms. The molecule has 7 heteroatoms. The number of nitrogens with one attached hydrogen (secondary N) is 1. The molecule has 1 aromatic carbocycles. The maximum absolute atomic E-state index is 13.5. The summed E-state index contributed by atoms with van der Waals surface area (Å²) in [5.74, 6) is 0.204. The summed E-state index contributed by atoms with van der Waals surface area (Å²) in [7, 11) is 0. The summed E-state index contributed by atoms with van der Waals surface area (Å²) in [6, 6.07) is 8.10. The maximum atomic E-state index is 13.5. The van der Waals surface area contributed by atoms with E-state index in [4.69, 9.17) is 4.74 Å². The molecule has 25 heavy (non-hydrogen) atoms. The third kappa shape index (κ3) is 4.96. The highest BCUT2D eigenvalue weighted by atomic mass is 19.1. The number of likely N-dealkylation sites (tertiary alicyclic amines) is 1. The van der Waals surface area contributed by atoms with Crippen LogP contribution >= 0.6 is 0 Å². The number of anilines is 1. The Labute approximate surface area is 146 Å². The van der Waals surface area contributed by atoms with E-state index in [0.717, 1.165) is 25.9 Å². The van der Waals surface area contributed by atoms with Gasteiger partial charge in [-0.05, 0) is 44.1 Å². The minimum Gasteiger partial charge on any atom is -0.489 e. The summed E-state index contributed by atoms with van der Waals surface area (Å²) in [6.07, 6.45) is 4.75. The Bertz CT molecular complexity index is 690. The Balaban J connectivity index is 1.38. The molecule has 1 aliphatic rings. The molecule has 0 unspecified atom stereocenters. The summed E-state index contributed by atoms with van der Waals surface area (Å²) < 4.78 is 19.0. The normalized spacial score (nSPS) is 15.7. The monoisotopic (exact) mass is 344 g/mol. The number of nitrogens with zero attached hydrogens (tertiary/aromatic N) is 3. The average Bonchev–Trinajstić information content (AvgIpc) is 2.65. The molecule has 2 heterocycles. The molecule has 0 aliphatic carbocycles. The second kappa shape index (κ2) is 8.53. The molecular weight excluding hydrogens is 323 g/mol. The summed E-state index contributed by atoms with van der Waals surface area (Å²) in [4.78, 5) is 22.5. The van der Waals surface area contributed by atoms with Crippen molar-refractivity contribution in [2.24, 2.45) is 5.92 Å². The number of hydrogen-bond acceptors (Lipinski definition) is 5. The van der Waals surface area contributed by atoms with Gasteiger partial charge in [-0.25, -0.2) is 14.4 Å². The predicted molar refractivity (Wildman–Crippen MR) is 91.7 cm³/mol. The second-order valence-corrected chi connectivity index (χ2v) is 5.96. The summed E-state index contributed by atoms with van der Waals surface area (Å²) in [5, 5.41) is 2.75. The molecule has 1 amide bonds. The molecule has 0 spiro atoms. The van der Waals surface area contributed by atoms with Gasteiger partial charge in [0.25, 0.3) is 0 Å². The molecule has 1 aliphatic heterocycles. The Hall–Kier alpha value is -2.54.